The molecule has 0 heterocycles. The Balaban J connectivity index is 1.68. The van der Waals surface area contributed by atoms with Crippen LogP contribution in [-0.4, -0.2) is 5.78 Å². The molecule has 1 nitrogen and oxygen atoms in total. The summed E-state index contributed by atoms with van der Waals surface area (Å²) in [5, 5.41) is 0. The van der Waals surface area contributed by atoms with Crippen LogP contribution in [0.15, 0.2) is 36.4 Å². The molecule has 3 atom stereocenters. The number of ketones is 1. The van der Waals surface area contributed by atoms with Gasteiger partial charge in [-0.2, -0.15) is 0 Å². The molecule has 0 radical (unpaired) electrons. The third-order valence-electron chi connectivity index (χ3n) is 4.24. The normalized spacial score (nSPS) is 29.8. The molecule has 0 N–H and O–H groups in total. The summed E-state index contributed by atoms with van der Waals surface area (Å²) in [5.74, 6) is 2.35. The molecular weight excluding hydrogens is 208 g/mol. The lowest BCUT2D eigenvalue weighted by molar-refractivity contribution is 0.0954. The topological polar surface area (TPSA) is 17.1 Å². The summed E-state index contributed by atoms with van der Waals surface area (Å²) in [7, 11) is 0. The number of rotatable bonds is 3. The number of allylic oxidation sites excluding steroid dienone is 2. The highest BCUT2D eigenvalue weighted by atomic mass is 16.1. The van der Waals surface area contributed by atoms with E-state index in [2.05, 4.69) is 19.1 Å². The van der Waals surface area contributed by atoms with Crippen molar-refractivity contribution in [1.82, 2.24) is 0 Å². The predicted molar refractivity (Wildman–Crippen MR) is 69.0 cm³/mol. The standard InChI is InChI=1S/C16H18O/c1-11-2-5-13(6-3-11)16(17)10-15-9-12-4-7-14(15)8-12/h2-7,12,14-15H,8-10H2,1H3. The molecule has 0 saturated heterocycles. The lowest BCUT2D eigenvalue weighted by atomic mass is 9.87. The zero-order chi connectivity index (χ0) is 11.8. The van der Waals surface area contributed by atoms with Crippen molar-refractivity contribution in [2.75, 3.05) is 0 Å². The van der Waals surface area contributed by atoms with Gasteiger partial charge in [0.15, 0.2) is 5.78 Å². The molecule has 3 rings (SSSR count). The largest absolute Gasteiger partial charge is 0.294 e. The first-order valence-corrected chi connectivity index (χ1v) is 6.50. The van der Waals surface area contributed by atoms with E-state index in [1.54, 1.807) is 0 Å². The maximum atomic E-state index is 12.2. The van der Waals surface area contributed by atoms with Crippen LogP contribution < -0.4 is 0 Å². The molecule has 1 saturated carbocycles. The van der Waals surface area contributed by atoms with Crippen molar-refractivity contribution in [3.8, 4) is 0 Å². The molecule has 17 heavy (non-hydrogen) atoms. The van der Waals surface area contributed by atoms with Gasteiger partial charge in [-0.15, -0.1) is 0 Å². The quantitative estimate of drug-likeness (QED) is 0.566. The molecule has 2 aliphatic rings. The maximum Gasteiger partial charge on any atom is 0.163 e. The lowest BCUT2D eigenvalue weighted by Crippen LogP contribution is -2.13. The molecule has 1 aromatic carbocycles. The highest BCUT2D eigenvalue weighted by Gasteiger charge is 2.36. The van der Waals surface area contributed by atoms with Crippen molar-refractivity contribution in [2.45, 2.75) is 26.2 Å². The first-order chi connectivity index (χ1) is 8.22. The molecule has 2 aliphatic carbocycles. The molecule has 1 heteroatoms. The van der Waals surface area contributed by atoms with Gasteiger partial charge < -0.3 is 0 Å². The van der Waals surface area contributed by atoms with Gasteiger partial charge in [0, 0.05) is 12.0 Å². The van der Waals surface area contributed by atoms with Crippen molar-refractivity contribution in [3.63, 3.8) is 0 Å². The van der Waals surface area contributed by atoms with Crippen molar-refractivity contribution < 1.29 is 4.79 Å². The van der Waals surface area contributed by atoms with Crippen LogP contribution in [0.1, 0.15) is 35.2 Å². The van der Waals surface area contributed by atoms with E-state index in [0.29, 0.717) is 17.6 Å². The van der Waals surface area contributed by atoms with Crippen molar-refractivity contribution >= 4 is 5.78 Å². The van der Waals surface area contributed by atoms with Gasteiger partial charge in [0.25, 0.3) is 0 Å². The monoisotopic (exact) mass is 226 g/mol. The summed E-state index contributed by atoms with van der Waals surface area (Å²) in [6, 6.07) is 7.96. The van der Waals surface area contributed by atoms with Crippen molar-refractivity contribution in [2.24, 2.45) is 17.8 Å². The number of Topliss-reactive ketones (excluding diaryl/α,β-unsaturated/α-hetero) is 1. The number of carbonyl (C=O) groups is 1. The number of aryl methyl sites for hydroxylation is 1. The van der Waals surface area contributed by atoms with Crippen LogP contribution in [0.3, 0.4) is 0 Å². The zero-order valence-electron chi connectivity index (χ0n) is 10.2. The van der Waals surface area contributed by atoms with Crippen molar-refractivity contribution in [1.29, 1.82) is 0 Å². The number of fused-ring (bicyclic) bond motifs is 2. The average molecular weight is 226 g/mol. The van der Waals surface area contributed by atoms with Gasteiger partial charge in [0.1, 0.15) is 0 Å². The van der Waals surface area contributed by atoms with E-state index in [-0.39, 0.29) is 0 Å². The van der Waals surface area contributed by atoms with E-state index < -0.39 is 0 Å². The maximum absolute atomic E-state index is 12.2. The fourth-order valence-corrected chi connectivity index (χ4v) is 3.22. The molecule has 1 fully saturated rings. The minimum absolute atomic E-state index is 0.316. The van der Waals surface area contributed by atoms with Gasteiger partial charge >= 0.3 is 0 Å². The Kier molecular flexibility index (Phi) is 2.62. The number of benzene rings is 1. The van der Waals surface area contributed by atoms with Crippen LogP contribution in [0.25, 0.3) is 0 Å². The molecular formula is C16H18O. The third kappa shape index (κ3) is 2.06. The summed E-state index contributed by atoms with van der Waals surface area (Å²) in [6.07, 6.45) is 7.89. The highest BCUT2D eigenvalue weighted by molar-refractivity contribution is 5.96. The first-order valence-electron chi connectivity index (χ1n) is 6.50. The minimum atomic E-state index is 0.316. The second-order valence-corrected chi connectivity index (χ2v) is 5.53. The van der Waals surface area contributed by atoms with E-state index in [1.165, 1.54) is 18.4 Å². The van der Waals surface area contributed by atoms with Gasteiger partial charge in [0.2, 0.25) is 0 Å². The van der Waals surface area contributed by atoms with Crippen molar-refractivity contribution in [3.05, 3.63) is 47.5 Å². The third-order valence-corrected chi connectivity index (χ3v) is 4.24. The number of carbonyl (C=O) groups excluding carboxylic acids is 1. The minimum Gasteiger partial charge on any atom is -0.294 e. The summed E-state index contributed by atoms with van der Waals surface area (Å²) in [4.78, 5) is 12.2. The van der Waals surface area contributed by atoms with E-state index in [9.17, 15) is 4.79 Å². The van der Waals surface area contributed by atoms with Crippen LogP contribution in [0.4, 0.5) is 0 Å². The lowest BCUT2D eigenvalue weighted by Gasteiger charge is -2.16. The van der Waals surface area contributed by atoms with Gasteiger partial charge in [-0.25, -0.2) is 0 Å². The molecule has 3 unspecified atom stereocenters. The van der Waals surface area contributed by atoms with Gasteiger partial charge in [-0.3, -0.25) is 4.79 Å². The average Bonchev–Trinajstić information content (AvgIpc) is 2.91. The summed E-state index contributed by atoms with van der Waals surface area (Å²) < 4.78 is 0. The summed E-state index contributed by atoms with van der Waals surface area (Å²) in [6.45, 7) is 2.05. The number of hydrogen-bond donors (Lipinski definition) is 0. The summed E-state index contributed by atoms with van der Waals surface area (Å²) >= 11 is 0. The zero-order valence-corrected chi connectivity index (χ0v) is 10.2. The van der Waals surface area contributed by atoms with Gasteiger partial charge in [-0.1, -0.05) is 42.0 Å². The van der Waals surface area contributed by atoms with Gasteiger partial charge in [-0.05, 0) is 37.5 Å². The Hall–Kier alpha value is -1.37. The SMILES string of the molecule is Cc1ccc(C(=O)CC2CC3C=CC2C3)cc1. The Morgan fingerprint density at radius 3 is 2.53 bits per heavy atom. The second kappa shape index (κ2) is 4.14. The molecule has 0 aliphatic heterocycles. The fourth-order valence-electron chi connectivity index (χ4n) is 3.22. The van der Waals surface area contributed by atoms with Crippen LogP contribution in [0.2, 0.25) is 0 Å². The van der Waals surface area contributed by atoms with E-state index in [1.807, 2.05) is 24.3 Å². The predicted octanol–water partition coefficient (Wildman–Crippen LogP) is 3.78. The molecule has 88 valence electrons. The van der Waals surface area contributed by atoms with Crippen LogP contribution >= 0.6 is 0 Å². The van der Waals surface area contributed by atoms with Crippen LogP contribution in [-0.2, 0) is 0 Å². The second-order valence-electron chi connectivity index (χ2n) is 5.53. The molecule has 0 aromatic heterocycles. The van der Waals surface area contributed by atoms with E-state index >= 15 is 0 Å². The van der Waals surface area contributed by atoms with E-state index in [4.69, 9.17) is 0 Å². The van der Waals surface area contributed by atoms with E-state index in [0.717, 1.165) is 17.9 Å². The van der Waals surface area contributed by atoms with Gasteiger partial charge in [0.05, 0.1) is 0 Å². The Morgan fingerprint density at radius 2 is 1.94 bits per heavy atom. The first kappa shape index (κ1) is 10.8. The Morgan fingerprint density at radius 1 is 1.18 bits per heavy atom. The molecule has 1 aromatic rings. The summed E-state index contributed by atoms with van der Waals surface area (Å²) in [5.41, 5.74) is 2.09. The Labute approximate surface area is 103 Å². The number of hydrogen-bond acceptors (Lipinski definition) is 1. The smallest absolute Gasteiger partial charge is 0.163 e. The molecule has 2 bridgehead atoms. The van der Waals surface area contributed by atoms with Crippen LogP contribution in [0, 0.1) is 24.7 Å². The molecule has 0 spiro atoms. The molecule has 0 amide bonds. The fraction of sp³-hybridized carbons (Fsp3) is 0.438. The highest BCUT2D eigenvalue weighted by Crippen LogP contribution is 2.45. The van der Waals surface area contributed by atoms with Crippen LogP contribution in [0.5, 0.6) is 0 Å². The Bertz CT molecular complexity index is 455.